The fourth-order valence-electron chi connectivity index (χ4n) is 4.63. The summed E-state index contributed by atoms with van der Waals surface area (Å²) in [5, 5.41) is 9.83. The van der Waals surface area contributed by atoms with E-state index in [1.807, 2.05) is 4.90 Å². The molecule has 1 aromatic carbocycles. The molecule has 0 saturated carbocycles. The third-order valence-corrected chi connectivity index (χ3v) is 6.52. The molecule has 2 fully saturated rings. The first-order valence-electron chi connectivity index (χ1n) is 10.2. The maximum Gasteiger partial charge on any atom is 0.229 e. The second-order valence-electron chi connectivity index (χ2n) is 8.18. The van der Waals surface area contributed by atoms with Crippen molar-refractivity contribution in [2.75, 3.05) is 30.7 Å². The van der Waals surface area contributed by atoms with Crippen LogP contribution in [-0.4, -0.2) is 68.6 Å². The second-order valence-corrected chi connectivity index (χ2v) is 9.92. The number of nitrogens with zero attached hydrogens (tertiary/aromatic N) is 1. The number of aliphatic hydroxyl groups excluding tert-OH is 1. The van der Waals surface area contributed by atoms with Gasteiger partial charge in [0, 0.05) is 30.3 Å². The van der Waals surface area contributed by atoms with Gasteiger partial charge in [-0.1, -0.05) is 0 Å². The molecule has 3 aliphatic rings. The molecule has 0 unspecified atom stereocenters. The summed E-state index contributed by atoms with van der Waals surface area (Å²) in [5.41, 5.74) is 1.37. The topological polar surface area (TPSA) is 105 Å². The van der Waals surface area contributed by atoms with Crippen LogP contribution in [0.15, 0.2) is 18.2 Å². The van der Waals surface area contributed by atoms with E-state index < -0.39 is 16.1 Å². The number of aliphatic hydroxyl groups is 1. The number of nitrogens with one attached hydrogen (secondary N) is 1. The predicted octanol–water partition coefficient (Wildman–Crippen LogP) is 1.46. The van der Waals surface area contributed by atoms with Crippen LogP contribution in [0.4, 0.5) is 5.69 Å². The monoisotopic (exact) mass is 424 g/mol. The van der Waals surface area contributed by atoms with Crippen LogP contribution in [0.25, 0.3) is 0 Å². The van der Waals surface area contributed by atoms with Gasteiger partial charge < -0.3 is 19.5 Å². The van der Waals surface area contributed by atoms with Gasteiger partial charge in [0.15, 0.2) is 0 Å². The van der Waals surface area contributed by atoms with Gasteiger partial charge in [-0.2, -0.15) is 0 Å². The Morgan fingerprint density at radius 1 is 1.28 bits per heavy atom. The molecule has 3 heterocycles. The van der Waals surface area contributed by atoms with Gasteiger partial charge in [-0.05, 0) is 43.9 Å². The molecule has 8 nitrogen and oxygen atoms in total. The molecule has 4 atom stereocenters. The Morgan fingerprint density at radius 3 is 2.72 bits per heavy atom. The van der Waals surface area contributed by atoms with Gasteiger partial charge in [0.05, 0.1) is 25.4 Å². The standard InChI is InChI=1S/C20H28N2O6S/c1-29(25,26)21-13-5-6-17-15(9-13)16-10-14(27-18(12-23)20(16)28-17)11-19(24)22-7-3-2-4-8-22/h5-6,9,14,16,18,20-21,23H,2-4,7-8,10-12H2,1H3/t14-,16+,18-,20-/m0/s1. The van der Waals surface area contributed by atoms with Gasteiger partial charge in [-0.15, -0.1) is 0 Å². The van der Waals surface area contributed by atoms with E-state index in [0.717, 1.165) is 44.2 Å². The Bertz CT molecular complexity index is 868. The van der Waals surface area contributed by atoms with Crippen molar-refractivity contribution in [3.05, 3.63) is 23.8 Å². The van der Waals surface area contributed by atoms with Crippen molar-refractivity contribution >= 4 is 21.6 Å². The number of likely N-dealkylation sites (tertiary alicyclic amines) is 1. The molecule has 1 aromatic rings. The maximum atomic E-state index is 12.7. The number of carbonyl (C=O) groups excluding carboxylic acids is 1. The Kier molecular flexibility index (Phi) is 5.72. The van der Waals surface area contributed by atoms with Crippen molar-refractivity contribution in [1.29, 1.82) is 0 Å². The first-order chi connectivity index (χ1) is 13.8. The number of sulfonamides is 1. The number of hydrogen-bond donors (Lipinski definition) is 2. The first kappa shape index (κ1) is 20.4. The first-order valence-corrected chi connectivity index (χ1v) is 12.1. The molecule has 9 heteroatoms. The summed E-state index contributed by atoms with van der Waals surface area (Å²) in [4.78, 5) is 14.6. The van der Waals surface area contributed by atoms with E-state index in [1.54, 1.807) is 18.2 Å². The molecule has 0 spiro atoms. The van der Waals surface area contributed by atoms with E-state index in [2.05, 4.69) is 4.72 Å². The molecule has 2 N–H and O–H groups in total. The summed E-state index contributed by atoms with van der Waals surface area (Å²) >= 11 is 0. The third-order valence-electron chi connectivity index (χ3n) is 5.91. The van der Waals surface area contributed by atoms with E-state index in [0.29, 0.717) is 17.9 Å². The van der Waals surface area contributed by atoms with E-state index in [-0.39, 0.29) is 37.1 Å². The molecule has 0 bridgehead atoms. The van der Waals surface area contributed by atoms with Crippen molar-refractivity contribution in [3.8, 4) is 5.75 Å². The van der Waals surface area contributed by atoms with Crippen molar-refractivity contribution in [1.82, 2.24) is 4.90 Å². The highest BCUT2D eigenvalue weighted by atomic mass is 32.2. The van der Waals surface area contributed by atoms with Crippen LogP contribution in [0.3, 0.4) is 0 Å². The number of benzene rings is 1. The zero-order valence-electron chi connectivity index (χ0n) is 16.5. The Balaban J connectivity index is 1.51. The Labute approximate surface area is 171 Å². The minimum Gasteiger partial charge on any atom is -0.487 e. The number of rotatable bonds is 5. The molecule has 1 amide bonds. The highest BCUT2D eigenvalue weighted by Crippen LogP contribution is 2.47. The number of carbonyl (C=O) groups is 1. The number of amides is 1. The maximum absolute atomic E-state index is 12.7. The van der Waals surface area contributed by atoms with Gasteiger partial charge in [0.25, 0.3) is 0 Å². The Hall–Kier alpha value is -1.84. The lowest BCUT2D eigenvalue weighted by Crippen LogP contribution is -2.48. The molecule has 4 rings (SSSR count). The van der Waals surface area contributed by atoms with Crippen molar-refractivity contribution < 1.29 is 27.8 Å². The molecule has 2 saturated heterocycles. The van der Waals surface area contributed by atoms with Crippen LogP contribution < -0.4 is 9.46 Å². The number of ether oxygens (including phenoxy) is 2. The number of hydrogen-bond acceptors (Lipinski definition) is 6. The highest BCUT2D eigenvalue weighted by molar-refractivity contribution is 7.92. The summed E-state index contributed by atoms with van der Waals surface area (Å²) in [7, 11) is -3.38. The lowest BCUT2D eigenvalue weighted by Gasteiger charge is -2.38. The zero-order valence-corrected chi connectivity index (χ0v) is 17.4. The van der Waals surface area contributed by atoms with E-state index in [9.17, 15) is 18.3 Å². The van der Waals surface area contributed by atoms with Crippen molar-refractivity contribution in [2.45, 2.75) is 56.3 Å². The van der Waals surface area contributed by atoms with Crippen molar-refractivity contribution in [3.63, 3.8) is 0 Å². The molecule has 160 valence electrons. The van der Waals surface area contributed by atoms with Crippen molar-refractivity contribution in [2.24, 2.45) is 0 Å². The summed E-state index contributed by atoms with van der Waals surface area (Å²) in [6.45, 7) is 1.40. The van der Waals surface area contributed by atoms with Gasteiger partial charge >= 0.3 is 0 Å². The van der Waals surface area contributed by atoms with E-state index in [4.69, 9.17) is 9.47 Å². The minimum atomic E-state index is -3.38. The third kappa shape index (κ3) is 4.51. The number of piperidine rings is 1. The Morgan fingerprint density at radius 2 is 2.03 bits per heavy atom. The highest BCUT2D eigenvalue weighted by Gasteiger charge is 2.46. The van der Waals surface area contributed by atoms with Crippen LogP contribution in [0, 0.1) is 0 Å². The average molecular weight is 425 g/mol. The molecule has 0 aliphatic carbocycles. The largest absolute Gasteiger partial charge is 0.487 e. The number of fused-ring (bicyclic) bond motifs is 3. The molecule has 0 radical (unpaired) electrons. The summed E-state index contributed by atoms with van der Waals surface area (Å²) in [6.07, 6.45) is 4.07. The average Bonchev–Trinajstić information content (AvgIpc) is 3.05. The van der Waals surface area contributed by atoms with E-state index >= 15 is 0 Å². The lowest BCUT2D eigenvalue weighted by molar-refractivity contribution is -0.149. The quantitative estimate of drug-likeness (QED) is 0.741. The normalized spacial score (nSPS) is 29.0. The fraction of sp³-hybridized carbons (Fsp3) is 0.650. The smallest absolute Gasteiger partial charge is 0.229 e. The molecule has 0 aromatic heterocycles. The predicted molar refractivity (Wildman–Crippen MR) is 107 cm³/mol. The van der Waals surface area contributed by atoms with E-state index in [1.165, 1.54) is 0 Å². The van der Waals surface area contributed by atoms with Crippen LogP contribution >= 0.6 is 0 Å². The minimum absolute atomic E-state index is 0.0589. The van der Waals surface area contributed by atoms with Gasteiger partial charge in [0.2, 0.25) is 15.9 Å². The molecular weight excluding hydrogens is 396 g/mol. The van der Waals surface area contributed by atoms with Crippen LogP contribution in [0.1, 0.15) is 43.6 Å². The summed E-state index contributed by atoms with van der Waals surface area (Å²) < 4.78 is 37.7. The molecule has 3 aliphatic heterocycles. The van der Waals surface area contributed by atoms with Crippen LogP contribution in [0.5, 0.6) is 5.75 Å². The fourth-order valence-corrected chi connectivity index (χ4v) is 5.19. The number of anilines is 1. The summed E-state index contributed by atoms with van der Waals surface area (Å²) in [5.74, 6) is 0.706. The second kappa shape index (κ2) is 8.12. The molecular formula is C20H28N2O6S. The lowest BCUT2D eigenvalue weighted by atomic mass is 9.84. The van der Waals surface area contributed by atoms with Gasteiger partial charge in [0.1, 0.15) is 18.0 Å². The van der Waals surface area contributed by atoms with Crippen LogP contribution in [0.2, 0.25) is 0 Å². The summed E-state index contributed by atoms with van der Waals surface area (Å²) in [6, 6.07) is 5.18. The SMILES string of the molecule is CS(=O)(=O)Nc1ccc2c(c1)[C@H]1C[C@@H](CC(=O)N3CCCCC3)O[C@@H](CO)[C@H]1O2. The van der Waals surface area contributed by atoms with Gasteiger partial charge in [-0.25, -0.2) is 8.42 Å². The molecule has 29 heavy (non-hydrogen) atoms. The van der Waals surface area contributed by atoms with Gasteiger partial charge in [-0.3, -0.25) is 9.52 Å². The zero-order chi connectivity index (χ0) is 20.6. The van der Waals surface area contributed by atoms with Crippen LogP contribution in [-0.2, 0) is 19.6 Å².